The molecular formula is C22H23IrN2-. The van der Waals surface area contributed by atoms with Crippen LogP contribution in [0.1, 0.15) is 36.4 Å². The number of hydrogen-bond donors (Lipinski definition) is 0. The molecule has 0 aliphatic carbocycles. The zero-order chi connectivity index (χ0) is 17.0. The molecule has 0 unspecified atom stereocenters. The SMILES string of the molecule is Cc1c[c-]c2c(c1)c1ccc(C)cc1n1c(CC(C)C)c(C)nc21.[Ir]. The standard InChI is InChI=1S/C22H23N2.Ir/c1-13(2)10-20-16(5)23-22-18-9-7-14(3)11-19(18)17-8-6-15(4)12-21(17)24(20)22;/h6-8,11-13H,10H2,1-5H3;/q-1;. The smallest absolute Gasteiger partial charge is 0.0614 e. The summed E-state index contributed by atoms with van der Waals surface area (Å²) >= 11 is 0. The van der Waals surface area contributed by atoms with Crippen LogP contribution in [-0.4, -0.2) is 9.38 Å². The second kappa shape index (κ2) is 6.55. The fourth-order valence-corrected chi connectivity index (χ4v) is 3.67. The van der Waals surface area contributed by atoms with Crippen LogP contribution in [0.2, 0.25) is 0 Å². The van der Waals surface area contributed by atoms with E-state index in [2.05, 4.69) is 75.4 Å². The number of benzene rings is 2. The summed E-state index contributed by atoms with van der Waals surface area (Å²) in [6.07, 6.45) is 1.04. The van der Waals surface area contributed by atoms with Crippen molar-refractivity contribution in [3.8, 4) is 0 Å². The molecular weight excluding hydrogens is 484 g/mol. The van der Waals surface area contributed by atoms with E-state index in [1.54, 1.807) is 0 Å². The Kier molecular flexibility index (Phi) is 4.74. The quantitative estimate of drug-likeness (QED) is 0.256. The molecule has 2 aromatic carbocycles. The van der Waals surface area contributed by atoms with Gasteiger partial charge < -0.3 is 4.40 Å². The monoisotopic (exact) mass is 508 g/mol. The Balaban J connectivity index is 0.00000182. The minimum atomic E-state index is 0. The van der Waals surface area contributed by atoms with E-state index in [0.29, 0.717) is 5.92 Å². The molecule has 25 heavy (non-hydrogen) atoms. The van der Waals surface area contributed by atoms with Crippen LogP contribution in [0, 0.1) is 32.8 Å². The molecule has 0 spiro atoms. The van der Waals surface area contributed by atoms with Crippen LogP contribution in [0.3, 0.4) is 0 Å². The number of rotatable bonds is 2. The first-order valence-electron chi connectivity index (χ1n) is 8.68. The minimum absolute atomic E-state index is 0. The van der Waals surface area contributed by atoms with Gasteiger partial charge in [0.2, 0.25) is 0 Å². The van der Waals surface area contributed by atoms with Crippen molar-refractivity contribution in [3.05, 3.63) is 58.9 Å². The number of aryl methyl sites for hydroxylation is 3. The third-order valence-electron chi connectivity index (χ3n) is 4.77. The van der Waals surface area contributed by atoms with Crippen LogP contribution in [0.5, 0.6) is 0 Å². The van der Waals surface area contributed by atoms with Crippen LogP contribution in [0.4, 0.5) is 0 Å². The molecule has 4 rings (SSSR count). The first-order valence-corrected chi connectivity index (χ1v) is 8.68. The van der Waals surface area contributed by atoms with Crippen molar-refractivity contribution in [1.82, 2.24) is 9.38 Å². The van der Waals surface area contributed by atoms with Gasteiger partial charge in [0.1, 0.15) is 0 Å². The Morgan fingerprint density at radius 3 is 2.52 bits per heavy atom. The van der Waals surface area contributed by atoms with Crippen LogP contribution in [0.15, 0.2) is 30.3 Å². The van der Waals surface area contributed by atoms with Crippen molar-refractivity contribution in [2.75, 3.05) is 0 Å². The number of fused-ring (bicyclic) bond motifs is 6. The van der Waals surface area contributed by atoms with E-state index < -0.39 is 0 Å². The number of hydrogen-bond acceptors (Lipinski definition) is 1. The largest absolute Gasteiger partial charge is 0.337 e. The predicted molar refractivity (Wildman–Crippen MR) is 102 cm³/mol. The van der Waals surface area contributed by atoms with Gasteiger partial charge in [-0.1, -0.05) is 38.3 Å². The average Bonchev–Trinajstić information content (AvgIpc) is 2.83. The summed E-state index contributed by atoms with van der Waals surface area (Å²) in [6.45, 7) is 10.9. The summed E-state index contributed by atoms with van der Waals surface area (Å²) in [5.74, 6) is 0.598. The van der Waals surface area contributed by atoms with Gasteiger partial charge in [-0.2, -0.15) is 0 Å². The van der Waals surface area contributed by atoms with E-state index in [9.17, 15) is 0 Å². The van der Waals surface area contributed by atoms with Crippen molar-refractivity contribution in [2.45, 2.75) is 41.0 Å². The van der Waals surface area contributed by atoms with Gasteiger partial charge in [-0.3, -0.25) is 4.98 Å². The van der Waals surface area contributed by atoms with Crippen LogP contribution in [0.25, 0.3) is 27.3 Å². The van der Waals surface area contributed by atoms with Gasteiger partial charge in [-0.05, 0) is 43.2 Å². The molecule has 131 valence electrons. The zero-order valence-corrected chi connectivity index (χ0v) is 17.8. The summed E-state index contributed by atoms with van der Waals surface area (Å²) in [6, 6.07) is 14.5. The van der Waals surface area contributed by atoms with Crippen molar-refractivity contribution in [3.63, 3.8) is 0 Å². The van der Waals surface area contributed by atoms with E-state index in [4.69, 9.17) is 4.98 Å². The number of pyridine rings is 1. The maximum absolute atomic E-state index is 4.94. The average molecular weight is 508 g/mol. The molecule has 0 atom stereocenters. The molecule has 0 aliphatic rings. The third-order valence-corrected chi connectivity index (χ3v) is 4.77. The molecule has 0 N–H and O–H groups in total. The second-order valence-corrected chi connectivity index (χ2v) is 7.39. The van der Waals surface area contributed by atoms with Crippen molar-refractivity contribution in [2.24, 2.45) is 5.92 Å². The Morgan fingerprint density at radius 1 is 1.04 bits per heavy atom. The Labute approximate surface area is 162 Å². The van der Waals surface area contributed by atoms with Gasteiger partial charge in [-0.25, -0.2) is 0 Å². The van der Waals surface area contributed by atoms with Gasteiger partial charge in [0.05, 0.1) is 5.65 Å². The van der Waals surface area contributed by atoms with Gasteiger partial charge >= 0.3 is 0 Å². The minimum Gasteiger partial charge on any atom is -0.337 e. The Hall–Kier alpha value is -1.70. The molecule has 3 heteroatoms. The molecule has 2 heterocycles. The van der Waals surface area contributed by atoms with Crippen LogP contribution < -0.4 is 0 Å². The summed E-state index contributed by atoms with van der Waals surface area (Å²) in [5.41, 5.74) is 7.27. The number of aromatic nitrogens is 2. The fourth-order valence-electron chi connectivity index (χ4n) is 3.67. The summed E-state index contributed by atoms with van der Waals surface area (Å²) < 4.78 is 2.37. The van der Waals surface area contributed by atoms with Gasteiger partial charge in [0.15, 0.2) is 0 Å². The third kappa shape index (κ3) is 2.90. The first-order chi connectivity index (χ1) is 11.5. The van der Waals surface area contributed by atoms with Crippen LogP contribution in [-0.2, 0) is 26.5 Å². The van der Waals surface area contributed by atoms with Gasteiger partial charge in [0.25, 0.3) is 0 Å². The second-order valence-electron chi connectivity index (χ2n) is 7.39. The van der Waals surface area contributed by atoms with Crippen molar-refractivity contribution in [1.29, 1.82) is 0 Å². The summed E-state index contributed by atoms with van der Waals surface area (Å²) in [4.78, 5) is 4.94. The maximum Gasteiger partial charge on any atom is 0.0614 e. The molecule has 2 aromatic heterocycles. The predicted octanol–water partition coefficient (Wildman–Crippen LogP) is 5.56. The van der Waals surface area contributed by atoms with E-state index in [1.807, 2.05) is 0 Å². The van der Waals surface area contributed by atoms with E-state index in [0.717, 1.165) is 23.1 Å². The maximum atomic E-state index is 4.94. The molecule has 0 fully saturated rings. The number of imidazole rings is 1. The normalized spacial score (nSPS) is 11.6. The molecule has 0 saturated carbocycles. The van der Waals surface area contributed by atoms with Crippen LogP contribution >= 0.6 is 0 Å². The fraction of sp³-hybridized carbons (Fsp3) is 0.318. The number of nitrogens with zero attached hydrogens (tertiary/aromatic N) is 2. The molecule has 4 aromatic rings. The topological polar surface area (TPSA) is 17.3 Å². The molecule has 0 amide bonds. The van der Waals surface area contributed by atoms with Crippen molar-refractivity contribution < 1.29 is 20.1 Å². The molecule has 0 aliphatic heterocycles. The molecule has 0 bridgehead atoms. The van der Waals surface area contributed by atoms with E-state index in [1.165, 1.54) is 33.1 Å². The Bertz CT molecular complexity index is 1090. The first kappa shape index (κ1) is 18.1. The van der Waals surface area contributed by atoms with E-state index >= 15 is 0 Å². The van der Waals surface area contributed by atoms with E-state index in [-0.39, 0.29) is 20.1 Å². The molecule has 0 saturated heterocycles. The van der Waals surface area contributed by atoms with Gasteiger partial charge in [0, 0.05) is 37.0 Å². The summed E-state index contributed by atoms with van der Waals surface area (Å²) in [5, 5.41) is 3.65. The van der Waals surface area contributed by atoms with Crippen molar-refractivity contribution >= 4 is 27.3 Å². The molecule has 2 nitrogen and oxygen atoms in total. The zero-order valence-electron chi connectivity index (χ0n) is 15.4. The summed E-state index contributed by atoms with van der Waals surface area (Å²) in [7, 11) is 0. The Morgan fingerprint density at radius 2 is 1.80 bits per heavy atom. The van der Waals surface area contributed by atoms with Gasteiger partial charge in [-0.15, -0.1) is 29.1 Å². The molecule has 1 radical (unpaired) electrons.